The lowest BCUT2D eigenvalue weighted by atomic mass is 10.2. The van der Waals surface area contributed by atoms with Gasteiger partial charge in [0.1, 0.15) is 0 Å². The summed E-state index contributed by atoms with van der Waals surface area (Å²) in [6.07, 6.45) is 1.66. The highest BCUT2D eigenvalue weighted by Crippen LogP contribution is 2.12. The fourth-order valence-corrected chi connectivity index (χ4v) is 1.49. The molecule has 7 nitrogen and oxygen atoms in total. The minimum Gasteiger partial charge on any atom is -0.274 e. The Morgan fingerprint density at radius 1 is 1.25 bits per heavy atom. The van der Waals surface area contributed by atoms with Crippen LogP contribution in [-0.2, 0) is 4.79 Å². The molecular formula is C9H10N4O3. The van der Waals surface area contributed by atoms with Crippen molar-refractivity contribution in [2.24, 2.45) is 9.98 Å². The number of imide groups is 1. The van der Waals surface area contributed by atoms with E-state index in [0.29, 0.717) is 6.54 Å². The number of hydrogen-bond acceptors (Lipinski definition) is 3. The van der Waals surface area contributed by atoms with Crippen molar-refractivity contribution in [3.8, 4) is 0 Å². The highest BCUT2D eigenvalue weighted by atomic mass is 16.2. The Kier molecular flexibility index (Phi) is 2.51. The zero-order valence-electron chi connectivity index (χ0n) is 8.69. The molecule has 0 aromatic carbocycles. The molecule has 0 fully saturated rings. The first kappa shape index (κ1) is 10.5. The van der Waals surface area contributed by atoms with Gasteiger partial charge in [-0.15, -0.1) is 0 Å². The number of amides is 5. The first-order chi connectivity index (χ1) is 7.63. The Bertz CT molecular complexity index is 438. The van der Waals surface area contributed by atoms with Crippen LogP contribution < -0.4 is 5.32 Å². The minimum atomic E-state index is -0.754. The molecule has 0 bridgehead atoms. The topological polar surface area (TPSA) is 91.2 Å². The summed E-state index contributed by atoms with van der Waals surface area (Å²) in [5.41, 5.74) is -0.0688. The molecule has 0 unspecified atom stereocenters. The maximum atomic E-state index is 11.5. The second-order valence-electron chi connectivity index (χ2n) is 3.44. The summed E-state index contributed by atoms with van der Waals surface area (Å²) >= 11 is 0. The van der Waals surface area contributed by atoms with Gasteiger partial charge in [0.15, 0.2) is 11.5 Å². The van der Waals surface area contributed by atoms with E-state index < -0.39 is 18.0 Å². The van der Waals surface area contributed by atoms with Gasteiger partial charge in [0.05, 0.1) is 0 Å². The third kappa shape index (κ3) is 1.60. The number of carbonyl (C=O) groups is 3. The Morgan fingerprint density at radius 2 is 2.00 bits per heavy atom. The lowest BCUT2D eigenvalue weighted by Gasteiger charge is -2.17. The highest BCUT2D eigenvalue weighted by Gasteiger charge is 2.38. The van der Waals surface area contributed by atoms with E-state index in [1.807, 2.05) is 12.2 Å². The van der Waals surface area contributed by atoms with Crippen molar-refractivity contribution in [3.63, 3.8) is 0 Å². The maximum Gasteiger partial charge on any atom is 0.350 e. The van der Waals surface area contributed by atoms with E-state index in [4.69, 9.17) is 0 Å². The summed E-state index contributed by atoms with van der Waals surface area (Å²) in [7, 11) is 0. The van der Waals surface area contributed by atoms with E-state index in [9.17, 15) is 14.4 Å². The van der Waals surface area contributed by atoms with Gasteiger partial charge in [-0.2, -0.15) is 9.98 Å². The van der Waals surface area contributed by atoms with Gasteiger partial charge in [0, 0.05) is 6.54 Å². The number of hydrogen-bond donors (Lipinski definition) is 1. The number of aliphatic imine (C=N–C) groups is 2. The van der Waals surface area contributed by atoms with Gasteiger partial charge in [0.2, 0.25) is 0 Å². The largest absolute Gasteiger partial charge is 0.350 e. The normalized spacial score (nSPS) is 19.3. The number of rotatable bonds is 3. The molecular weight excluding hydrogens is 212 g/mol. The Balaban J connectivity index is 2.29. The Hall–Kier alpha value is -2.05. The monoisotopic (exact) mass is 222 g/mol. The molecule has 2 aliphatic rings. The Morgan fingerprint density at radius 3 is 2.69 bits per heavy atom. The molecule has 0 aromatic rings. The number of urea groups is 2. The SMILES string of the molecule is CCCCN1C(=O)N=C2C(=O)NC(=O)N=C21. The van der Waals surface area contributed by atoms with E-state index in [1.165, 1.54) is 4.90 Å². The van der Waals surface area contributed by atoms with Crippen molar-refractivity contribution >= 4 is 29.5 Å². The molecule has 0 aliphatic carbocycles. The van der Waals surface area contributed by atoms with Gasteiger partial charge >= 0.3 is 12.1 Å². The van der Waals surface area contributed by atoms with Gasteiger partial charge in [-0.3, -0.25) is 15.0 Å². The number of nitrogens with one attached hydrogen (secondary N) is 1. The first-order valence-corrected chi connectivity index (χ1v) is 4.98. The average Bonchev–Trinajstić information content (AvgIpc) is 2.53. The van der Waals surface area contributed by atoms with Gasteiger partial charge in [-0.25, -0.2) is 9.59 Å². The zero-order valence-corrected chi connectivity index (χ0v) is 8.69. The van der Waals surface area contributed by atoms with Crippen LogP contribution in [0.3, 0.4) is 0 Å². The van der Waals surface area contributed by atoms with Crippen molar-refractivity contribution in [2.45, 2.75) is 19.8 Å². The Labute approximate surface area is 91.2 Å². The molecule has 84 valence electrons. The van der Waals surface area contributed by atoms with Crippen LogP contribution in [0.25, 0.3) is 0 Å². The number of amidine groups is 1. The summed E-state index contributed by atoms with van der Waals surface area (Å²) in [5.74, 6) is -0.588. The summed E-state index contributed by atoms with van der Waals surface area (Å²) < 4.78 is 0. The van der Waals surface area contributed by atoms with Gasteiger partial charge < -0.3 is 0 Å². The number of unbranched alkanes of at least 4 members (excludes halogenated alkanes) is 1. The van der Waals surface area contributed by atoms with Gasteiger partial charge in [-0.1, -0.05) is 13.3 Å². The third-order valence-electron chi connectivity index (χ3n) is 2.28. The molecule has 0 radical (unpaired) electrons. The maximum absolute atomic E-state index is 11.5. The van der Waals surface area contributed by atoms with Crippen LogP contribution in [0.15, 0.2) is 9.98 Å². The van der Waals surface area contributed by atoms with E-state index in [0.717, 1.165) is 12.8 Å². The van der Waals surface area contributed by atoms with Crippen LogP contribution in [0.2, 0.25) is 0 Å². The first-order valence-electron chi connectivity index (χ1n) is 4.98. The predicted octanol–water partition coefficient (Wildman–Crippen LogP) is 0.311. The molecule has 1 N–H and O–H groups in total. The quantitative estimate of drug-likeness (QED) is 0.744. The number of fused-ring (bicyclic) bond motifs is 1. The third-order valence-corrected chi connectivity index (χ3v) is 2.28. The molecule has 2 aliphatic heterocycles. The fraction of sp³-hybridized carbons (Fsp3) is 0.444. The molecule has 5 amide bonds. The predicted molar refractivity (Wildman–Crippen MR) is 55.4 cm³/mol. The minimum absolute atomic E-state index is 0.0688. The van der Waals surface area contributed by atoms with E-state index in [2.05, 4.69) is 9.98 Å². The molecule has 2 heterocycles. The second-order valence-corrected chi connectivity index (χ2v) is 3.44. The standard InChI is InChI=1S/C9H10N4O3/c1-2-3-4-13-6-5(10-9(13)16)7(14)12-8(15)11-6/h2-4H2,1H3,(H,12,14,15). The van der Waals surface area contributed by atoms with Crippen molar-refractivity contribution < 1.29 is 14.4 Å². The summed E-state index contributed by atoms with van der Waals surface area (Å²) in [5, 5.41) is 1.97. The average molecular weight is 222 g/mol. The molecule has 7 heteroatoms. The van der Waals surface area contributed by atoms with E-state index in [1.54, 1.807) is 0 Å². The smallest absolute Gasteiger partial charge is 0.274 e. The van der Waals surface area contributed by atoms with Crippen LogP contribution >= 0.6 is 0 Å². The molecule has 0 atom stereocenters. The summed E-state index contributed by atoms with van der Waals surface area (Å²) in [4.78, 5) is 42.3. The lowest BCUT2D eigenvalue weighted by molar-refractivity contribution is -0.113. The van der Waals surface area contributed by atoms with Crippen molar-refractivity contribution in [1.29, 1.82) is 0 Å². The molecule has 0 saturated carbocycles. The second kappa shape index (κ2) is 3.84. The number of nitrogens with zero attached hydrogens (tertiary/aromatic N) is 3. The summed E-state index contributed by atoms with van der Waals surface area (Å²) in [6.45, 7) is 2.39. The van der Waals surface area contributed by atoms with Crippen LogP contribution in [-0.4, -0.2) is 41.0 Å². The van der Waals surface area contributed by atoms with Crippen molar-refractivity contribution in [2.75, 3.05) is 6.54 Å². The molecule has 0 saturated heterocycles. The highest BCUT2D eigenvalue weighted by molar-refractivity contribution is 6.72. The van der Waals surface area contributed by atoms with Crippen molar-refractivity contribution in [3.05, 3.63) is 0 Å². The van der Waals surface area contributed by atoms with E-state index in [-0.39, 0.29) is 11.5 Å². The van der Waals surface area contributed by atoms with Gasteiger partial charge in [-0.05, 0) is 6.42 Å². The van der Waals surface area contributed by atoms with Crippen LogP contribution in [0, 0.1) is 0 Å². The van der Waals surface area contributed by atoms with Crippen molar-refractivity contribution in [1.82, 2.24) is 10.2 Å². The van der Waals surface area contributed by atoms with Crippen LogP contribution in [0.1, 0.15) is 19.8 Å². The summed E-state index contributed by atoms with van der Waals surface area (Å²) in [6, 6.07) is -1.29. The lowest BCUT2D eigenvalue weighted by Crippen LogP contribution is -2.47. The molecule has 0 spiro atoms. The van der Waals surface area contributed by atoms with Crippen LogP contribution in [0.5, 0.6) is 0 Å². The van der Waals surface area contributed by atoms with Crippen LogP contribution in [0.4, 0.5) is 9.59 Å². The number of carbonyl (C=O) groups excluding carboxylic acids is 3. The molecule has 2 rings (SSSR count). The zero-order chi connectivity index (χ0) is 11.7. The molecule has 16 heavy (non-hydrogen) atoms. The van der Waals surface area contributed by atoms with E-state index >= 15 is 0 Å². The fourth-order valence-electron chi connectivity index (χ4n) is 1.49. The van der Waals surface area contributed by atoms with Gasteiger partial charge in [0.25, 0.3) is 5.91 Å². The molecule has 0 aromatic heterocycles.